The lowest BCUT2D eigenvalue weighted by molar-refractivity contribution is 0.0827. The van der Waals surface area contributed by atoms with Gasteiger partial charge in [-0.2, -0.15) is 0 Å². The monoisotopic (exact) mass is 431 g/mol. The number of likely N-dealkylation sites (tertiary alicyclic amines) is 1. The number of anilines is 1. The first kappa shape index (κ1) is 21.9. The third-order valence-corrected chi connectivity index (χ3v) is 5.85. The number of benzene rings is 2. The summed E-state index contributed by atoms with van der Waals surface area (Å²) in [6.45, 7) is 4.10. The number of aromatic nitrogens is 2. The van der Waals surface area contributed by atoms with Gasteiger partial charge in [-0.25, -0.2) is 9.97 Å². The number of hydrogen-bond acceptors (Lipinski definition) is 6. The molecule has 1 aromatic heterocycles. The van der Waals surface area contributed by atoms with Crippen molar-refractivity contribution in [2.24, 2.45) is 5.73 Å². The number of nitrogens with two attached hydrogens (primary N) is 2. The lowest BCUT2D eigenvalue weighted by Crippen LogP contribution is -2.37. The molecule has 0 spiro atoms. The number of piperidine rings is 1. The Morgan fingerprint density at radius 1 is 1.16 bits per heavy atom. The average molecular weight is 432 g/mol. The molecular formula is C25H29N5O2. The van der Waals surface area contributed by atoms with Crippen molar-refractivity contribution in [3.63, 3.8) is 0 Å². The number of amides is 1. The van der Waals surface area contributed by atoms with Crippen LogP contribution in [0.25, 0.3) is 11.1 Å². The molecule has 2 aromatic carbocycles. The maximum atomic E-state index is 11.6. The molecule has 0 bridgehead atoms. The summed E-state index contributed by atoms with van der Waals surface area (Å²) in [6.07, 6.45) is 3.86. The minimum absolute atomic E-state index is 0.232. The normalized spacial score (nSPS) is 16.7. The van der Waals surface area contributed by atoms with E-state index in [0.717, 1.165) is 49.3 Å². The summed E-state index contributed by atoms with van der Waals surface area (Å²) < 4.78 is 5.88. The molecule has 1 aliphatic heterocycles. The maximum absolute atomic E-state index is 11.6. The van der Waals surface area contributed by atoms with Crippen LogP contribution >= 0.6 is 0 Å². The third kappa shape index (κ3) is 5.49. The molecule has 1 amide bonds. The van der Waals surface area contributed by atoms with E-state index in [4.69, 9.17) is 16.2 Å². The third-order valence-electron chi connectivity index (χ3n) is 5.85. The summed E-state index contributed by atoms with van der Waals surface area (Å²) in [5, 5.41) is 0. The fraction of sp³-hybridized carbons (Fsp3) is 0.320. The van der Waals surface area contributed by atoms with Crippen molar-refractivity contribution in [1.82, 2.24) is 14.9 Å². The average Bonchev–Trinajstić information content (AvgIpc) is 2.83. The number of ether oxygens (including phenoxy) is 1. The minimum atomic E-state index is -0.455. The van der Waals surface area contributed by atoms with Crippen LogP contribution in [-0.4, -0.2) is 47.0 Å². The molecule has 1 saturated heterocycles. The highest BCUT2D eigenvalue weighted by Crippen LogP contribution is 2.33. The van der Waals surface area contributed by atoms with E-state index >= 15 is 0 Å². The van der Waals surface area contributed by atoms with Crippen LogP contribution in [0.15, 0.2) is 60.8 Å². The number of hydrogen-bond donors (Lipinski definition) is 2. The van der Waals surface area contributed by atoms with Crippen LogP contribution in [0.5, 0.6) is 0 Å². The molecule has 7 nitrogen and oxygen atoms in total. The zero-order valence-electron chi connectivity index (χ0n) is 18.1. The molecule has 4 rings (SSSR count). The van der Waals surface area contributed by atoms with Gasteiger partial charge in [0.1, 0.15) is 0 Å². The van der Waals surface area contributed by atoms with Gasteiger partial charge in [-0.15, -0.1) is 0 Å². The number of nitrogen functional groups attached to an aromatic ring is 1. The number of nitrogens with zero attached hydrogens (tertiary/aromatic N) is 3. The van der Waals surface area contributed by atoms with Crippen molar-refractivity contribution >= 4 is 11.9 Å². The Morgan fingerprint density at radius 3 is 2.81 bits per heavy atom. The topological polar surface area (TPSA) is 107 Å². The van der Waals surface area contributed by atoms with Crippen LogP contribution in [0.2, 0.25) is 0 Å². The Hall–Kier alpha value is -3.29. The van der Waals surface area contributed by atoms with Gasteiger partial charge in [0.25, 0.3) is 0 Å². The number of carbonyl (C=O) groups is 1. The van der Waals surface area contributed by atoms with E-state index in [2.05, 4.69) is 27.0 Å². The molecule has 0 unspecified atom stereocenters. The number of primary amides is 1. The second kappa shape index (κ2) is 10.3. The van der Waals surface area contributed by atoms with Crippen LogP contribution < -0.4 is 11.5 Å². The zero-order chi connectivity index (χ0) is 22.3. The first-order chi connectivity index (χ1) is 15.6. The largest absolute Gasteiger partial charge is 0.375 e. The first-order valence-corrected chi connectivity index (χ1v) is 11.0. The summed E-state index contributed by atoms with van der Waals surface area (Å²) in [5.41, 5.74) is 15.8. The summed E-state index contributed by atoms with van der Waals surface area (Å²) in [4.78, 5) is 22.9. The SMILES string of the molecule is NC(=O)c1cccc(-c2cnc(N)nc2[C@@H]2CCCN(CCOCc3ccccc3)C2)c1. The molecule has 1 atom stereocenters. The molecule has 0 saturated carbocycles. The highest BCUT2D eigenvalue weighted by molar-refractivity contribution is 5.94. The van der Waals surface area contributed by atoms with Gasteiger partial charge in [0.2, 0.25) is 11.9 Å². The van der Waals surface area contributed by atoms with Gasteiger partial charge in [0.05, 0.1) is 18.9 Å². The van der Waals surface area contributed by atoms with Crippen LogP contribution in [0.4, 0.5) is 5.95 Å². The summed E-state index contributed by atoms with van der Waals surface area (Å²) >= 11 is 0. The smallest absolute Gasteiger partial charge is 0.248 e. The quantitative estimate of drug-likeness (QED) is 0.530. The predicted octanol–water partition coefficient (Wildman–Crippen LogP) is 3.22. The highest BCUT2D eigenvalue weighted by atomic mass is 16.5. The molecule has 166 valence electrons. The van der Waals surface area contributed by atoms with Crippen molar-refractivity contribution in [3.8, 4) is 11.1 Å². The van der Waals surface area contributed by atoms with E-state index in [0.29, 0.717) is 18.8 Å². The first-order valence-electron chi connectivity index (χ1n) is 11.0. The summed E-state index contributed by atoms with van der Waals surface area (Å²) in [5.74, 6) is 0.0395. The lowest BCUT2D eigenvalue weighted by Gasteiger charge is -2.33. The van der Waals surface area contributed by atoms with Crippen molar-refractivity contribution < 1.29 is 9.53 Å². The van der Waals surface area contributed by atoms with Gasteiger partial charge in [0.15, 0.2) is 0 Å². The molecule has 1 fully saturated rings. The Balaban J connectivity index is 1.44. The van der Waals surface area contributed by atoms with E-state index in [1.165, 1.54) is 5.56 Å². The van der Waals surface area contributed by atoms with Crippen molar-refractivity contribution in [2.75, 3.05) is 32.0 Å². The Labute approximate surface area is 188 Å². The fourth-order valence-corrected chi connectivity index (χ4v) is 4.22. The lowest BCUT2D eigenvalue weighted by atomic mass is 9.89. The van der Waals surface area contributed by atoms with Crippen molar-refractivity contribution in [1.29, 1.82) is 0 Å². The minimum Gasteiger partial charge on any atom is -0.375 e. The maximum Gasteiger partial charge on any atom is 0.248 e. The summed E-state index contributed by atoms with van der Waals surface area (Å²) in [6, 6.07) is 17.5. The fourth-order valence-electron chi connectivity index (χ4n) is 4.22. The van der Waals surface area contributed by atoms with E-state index in [1.54, 1.807) is 18.3 Å². The Morgan fingerprint density at radius 2 is 2.00 bits per heavy atom. The standard InChI is InChI=1S/C25H29N5O2/c26-24(31)20-9-4-8-19(14-20)22-15-28-25(27)29-23(22)21-10-5-11-30(16-21)12-13-32-17-18-6-2-1-3-7-18/h1-4,6-9,14-15,21H,5,10-13,16-17H2,(H2,26,31)(H2,27,28,29)/t21-/m1/s1. The summed E-state index contributed by atoms with van der Waals surface area (Å²) in [7, 11) is 0. The van der Waals surface area contributed by atoms with Gasteiger partial charge >= 0.3 is 0 Å². The van der Waals surface area contributed by atoms with Crippen LogP contribution in [0.3, 0.4) is 0 Å². The Bertz CT molecular complexity index is 1060. The van der Waals surface area contributed by atoms with Crippen LogP contribution in [0, 0.1) is 0 Å². The molecular weight excluding hydrogens is 402 g/mol. The zero-order valence-corrected chi connectivity index (χ0v) is 18.1. The second-order valence-corrected chi connectivity index (χ2v) is 8.15. The molecule has 3 aromatic rings. The van der Waals surface area contributed by atoms with Gasteiger partial charge in [-0.05, 0) is 42.6 Å². The van der Waals surface area contributed by atoms with Crippen LogP contribution in [-0.2, 0) is 11.3 Å². The molecule has 32 heavy (non-hydrogen) atoms. The van der Waals surface area contributed by atoms with Gasteiger partial charge in [0, 0.05) is 36.3 Å². The van der Waals surface area contributed by atoms with E-state index in [1.807, 2.05) is 30.3 Å². The van der Waals surface area contributed by atoms with E-state index < -0.39 is 5.91 Å². The van der Waals surface area contributed by atoms with Crippen molar-refractivity contribution in [3.05, 3.63) is 77.6 Å². The predicted molar refractivity (Wildman–Crippen MR) is 125 cm³/mol. The second-order valence-electron chi connectivity index (χ2n) is 8.15. The number of carbonyl (C=O) groups excluding carboxylic acids is 1. The van der Waals surface area contributed by atoms with Gasteiger partial charge in [-0.1, -0.05) is 42.5 Å². The van der Waals surface area contributed by atoms with Gasteiger partial charge in [-0.3, -0.25) is 4.79 Å². The molecule has 7 heteroatoms. The Kier molecular flexibility index (Phi) is 7.09. The molecule has 2 heterocycles. The molecule has 1 aliphatic rings. The van der Waals surface area contributed by atoms with Crippen molar-refractivity contribution in [2.45, 2.75) is 25.4 Å². The van der Waals surface area contributed by atoms with Crippen LogP contribution in [0.1, 0.15) is 40.4 Å². The van der Waals surface area contributed by atoms with E-state index in [-0.39, 0.29) is 11.9 Å². The van der Waals surface area contributed by atoms with E-state index in [9.17, 15) is 4.79 Å². The highest BCUT2D eigenvalue weighted by Gasteiger charge is 2.25. The molecule has 4 N–H and O–H groups in total. The van der Waals surface area contributed by atoms with Gasteiger partial charge < -0.3 is 21.1 Å². The molecule has 0 radical (unpaired) electrons. The molecule has 0 aliphatic carbocycles. The number of rotatable bonds is 8.